The third-order valence-electron chi connectivity index (χ3n) is 3.47. The lowest BCUT2D eigenvalue weighted by molar-refractivity contribution is 0.0701. The van der Waals surface area contributed by atoms with Crippen LogP contribution in [0.2, 0.25) is 0 Å². The first kappa shape index (κ1) is 15.9. The second-order valence-corrected chi connectivity index (χ2v) is 5.00. The van der Waals surface area contributed by atoms with E-state index in [9.17, 15) is 13.6 Å². The molecule has 0 aliphatic rings. The summed E-state index contributed by atoms with van der Waals surface area (Å²) >= 11 is 0. The number of rotatable bonds is 5. The van der Waals surface area contributed by atoms with Crippen molar-refractivity contribution in [3.05, 3.63) is 60.1 Å². The van der Waals surface area contributed by atoms with E-state index in [4.69, 9.17) is 9.94 Å². The molecule has 0 aliphatic carbocycles. The van der Waals surface area contributed by atoms with Crippen LogP contribution in [0.4, 0.5) is 8.78 Å². The smallest absolute Gasteiger partial charge is 0.293 e. The van der Waals surface area contributed by atoms with Crippen LogP contribution >= 0.6 is 0 Å². The molecule has 124 valence electrons. The maximum absolute atomic E-state index is 13.5. The van der Waals surface area contributed by atoms with Crippen LogP contribution in [-0.4, -0.2) is 27.3 Å². The number of aromatic nitrogens is 2. The molecule has 6 nitrogen and oxygen atoms in total. The summed E-state index contributed by atoms with van der Waals surface area (Å²) in [4.78, 5) is 15.4. The van der Waals surface area contributed by atoms with Gasteiger partial charge in [-0.1, -0.05) is 0 Å². The number of halogens is 2. The Morgan fingerprint density at radius 2 is 2.12 bits per heavy atom. The van der Waals surface area contributed by atoms with Crippen LogP contribution in [0.5, 0.6) is 5.75 Å². The van der Waals surface area contributed by atoms with E-state index < -0.39 is 17.5 Å². The molecule has 3 rings (SSSR count). The Morgan fingerprint density at radius 1 is 1.29 bits per heavy atom. The van der Waals surface area contributed by atoms with Crippen molar-refractivity contribution in [2.24, 2.45) is 0 Å². The van der Waals surface area contributed by atoms with Gasteiger partial charge in [-0.05, 0) is 24.3 Å². The van der Waals surface area contributed by atoms with Crippen molar-refractivity contribution >= 4 is 16.8 Å². The molecule has 0 unspecified atom stereocenters. The third kappa shape index (κ3) is 3.18. The van der Waals surface area contributed by atoms with E-state index in [2.05, 4.69) is 4.98 Å². The van der Waals surface area contributed by atoms with Gasteiger partial charge in [0.25, 0.3) is 5.91 Å². The summed E-state index contributed by atoms with van der Waals surface area (Å²) in [5, 5.41) is 9.47. The minimum atomic E-state index is -0.765. The Balaban J connectivity index is 1.74. The largest absolute Gasteiger partial charge is 0.489 e. The SMILES string of the molecule is O=C(NO)c1cc2c(ccn2CCOc2ccc(F)cc2F)cn1. The summed E-state index contributed by atoms with van der Waals surface area (Å²) in [6.07, 6.45) is 3.29. The maximum atomic E-state index is 13.5. The molecule has 3 aromatic rings. The molecular formula is C16H13F2N3O3. The third-order valence-corrected chi connectivity index (χ3v) is 3.47. The van der Waals surface area contributed by atoms with Crippen molar-refractivity contribution in [1.82, 2.24) is 15.0 Å². The van der Waals surface area contributed by atoms with Gasteiger partial charge in [-0.2, -0.15) is 0 Å². The van der Waals surface area contributed by atoms with Gasteiger partial charge in [-0.25, -0.2) is 14.3 Å². The number of amides is 1. The summed E-state index contributed by atoms with van der Waals surface area (Å²) < 4.78 is 33.5. The maximum Gasteiger partial charge on any atom is 0.293 e. The first-order chi connectivity index (χ1) is 11.6. The number of nitrogens with one attached hydrogen (secondary N) is 1. The predicted octanol–water partition coefficient (Wildman–Crippen LogP) is 2.51. The summed E-state index contributed by atoms with van der Waals surface area (Å²) in [6, 6.07) is 6.44. The zero-order valence-electron chi connectivity index (χ0n) is 12.4. The van der Waals surface area contributed by atoms with Gasteiger partial charge < -0.3 is 9.30 Å². The van der Waals surface area contributed by atoms with Crippen LogP contribution in [0, 0.1) is 11.6 Å². The fraction of sp³-hybridized carbons (Fsp3) is 0.125. The molecular weight excluding hydrogens is 320 g/mol. The van der Waals surface area contributed by atoms with Gasteiger partial charge >= 0.3 is 0 Å². The van der Waals surface area contributed by atoms with Crippen LogP contribution in [0.25, 0.3) is 10.9 Å². The fourth-order valence-electron chi connectivity index (χ4n) is 2.31. The average molecular weight is 333 g/mol. The van der Waals surface area contributed by atoms with Crippen molar-refractivity contribution in [2.45, 2.75) is 6.54 Å². The van der Waals surface area contributed by atoms with Gasteiger partial charge in [0.05, 0.1) is 12.1 Å². The van der Waals surface area contributed by atoms with E-state index in [1.54, 1.807) is 16.8 Å². The van der Waals surface area contributed by atoms with Crippen LogP contribution in [0.3, 0.4) is 0 Å². The fourth-order valence-corrected chi connectivity index (χ4v) is 2.31. The zero-order chi connectivity index (χ0) is 17.1. The van der Waals surface area contributed by atoms with Gasteiger partial charge in [-0.15, -0.1) is 0 Å². The standard InChI is InChI=1S/C16H13F2N3O3/c17-11-1-2-15(12(18)7-11)24-6-5-21-4-3-10-9-19-13(8-14(10)21)16(22)20-23/h1-4,7-9,23H,5-6H2,(H,20,22). The highest BCUT2D eigenvalue weighted by molar-refractivity contribution is 5.95. The van der Waals surface area contributed by atoms with Gasteiger partial charge in [0.1, 0.15) is 18.1 Å². The predicted molar refractivity (Wildman–Crippen MR) is 80.8 cm³/mol. The molecule has 8 heteroatoms. The van der Waals surface area contributed by atoms with E-state index in [0.717, 1.165) is 17.5 Å². The molecule has 2 aromatic heterocycles. The van der Waals surface area contributed by atoms with Crippen LogP contribution in [-0.2, 0) is 6.54 Å². The molecule has 2 heterocycles. The minimum absolute atomic E-state index is 0.0325. The molecule has 0 spiro atoms. The molecule has 0 bridgehead atoms. The minimum Gasteiger partial charge on any atom is -0.489 e. The molecule has 0 aliphatic heterocycles. The highest BCUT2D eigenvalue weighted by Crippen LogP contribution is 2.19. The molecule has 1 amide bonds. The summed E-state index contributed by atoms with van der Waals surface area (Å²) in [7, 11) is 0. The highest BCUT2D eigenvalue weighted by Gasteiger charge is 2.10. The molecule has 0 saturated carbocycles. The average Bonchev–Trinajstić information content (AvgIpc) is 2.98. The summed E-state index contributed by atoms with van der Waals surface area (Å²) in [5.41, 5.74) is 2.31. The number of hydrogen-bond donors (Lipinski definition) is 2. The molecule has 2 N–H and O–H groups in total. The number of carbonyl (C=O) groups excluding carboxylic acids is 1. The first-order valence-electron chi connectivity index (χ1n) is 7.05. The topological polar surface area (TPSA) is 76.4 Å². The van der Waals surface area contributed by atoms with E-state index in [1.807, 2.05) is 0 Å². The highest BCUT2D eigenvalue weighted by atomic mass is 19.1. The summed E-state index contributed by atoms with van der Waals surface area (Å²) in [6.45, 7) is 0.528. The monoisotopic (exact) mass is 333 g/mol. The molecule has 24 heavy (non-hydrogen) atoms. The zero-order valence-corrected chi connectivity index (χ0v) is 12.4. The van der Waals surface area contributed by atoms with E-state index in [-0.39, 0.29) is 18.1 Å². The van der Waals surface area contributed by atoms with Crippen LogP contribution in [0.1, 0.15) is 10.5 Å². The lowest BCUT2D eigenvalue weighted by Crippen LogP contribution is -2.19. The number of hydrogen-bond acceptors (Lipinski definition) is 4. The number of hydroxylamine groups is 1. The number of fused-ring (bicyclic) bond motifs is 1. The normalized spacial score (nSPS) is 10.8. The van der Waals surface area contributed by atoms with E-state index >= 15 is 0 Å². The first-order valence-corrected chi connectivity index (χ1v) is 7.05. The number of carbonyl (C=O) groups is 1. The van der Waals surface area contributed by atoms with Gasteiger partial charge in [0.2, 0.25) is 0 Å². The van der Waals surface area contributed by atoms with Crippen molar-refractivity contribution in [3.63, 3.8) is 0 Å². The number of pyridine rings is 1. The number of ether oxygens (including phenoxy) is 1. The molecule has 1 aromatic carbocycles. The van der Waals surface area contributed by atoms with Crippen molar-refractivity contribution in [1.29, 1.82) is 0 Å². The molecule has 0 radical (unpaired) electrons. The Kier molecular flexibility index (Phi) is 4.39. The Morgan fingerprint density at radius 3 is 2.88 bits per heavy atom. The summed E-state index contributed by atoms with van der Waals surface area (Å²) in [5.74, 6) is -2.18. The molecule has 0 fully saturated rings. The second-order valence-electron chi connectivity index (χ2n) is 5.00. The lowest BCUT2D eigenvalue weighted by atomic mass is 10.2. The van der Waals surface area contributed by atoms with E-state index in [0.29, 0.717) is 12.1 Å². The Hall–Kier alpha value is -3.00. The Labute approximate surface area is 135 Å². The Bertz CT molecular complexity index is 895. The number of benzene rings is 1. The van der Waals surface area contributed by atoms with Crippen molar-refractivity contribution in [2.75, 3.05) is 6.61 Å². The van der Waals surface area contributed by atoms with Crippen LogP contribution in [0.15, 0.2) is 42.7 Å². The van der Waals surface area contributed by atoms with Crippen LogP contribution < -0.4 is 10.2 Å². The lowest BCUT2D eigenvalue weighted by Gasteiger charge is -2.09. The van der Waals surface area contributed by atoms with E-state index in [1.165, 1.54) is 23.8 Å². The van der Waals surface area contributed by atoms with Gasteiger partial charge in [-0.3, -0.25) is 15.0 Å². The molecule has 0 atom stereocenters. The van der Waals surface area contributed by atoms with Crippen molar-refractivity contribution < 1.29 is 23.5 Å². The van der Waals surface area contributed by atoms with Gasteiger partial charge in [0, 0.05) is 23.8 Å². The second kappa shape index (κ2) is 6.63. The quantitative estimate of drug-likeness (QED) is 0.556. The van der Waals surface area contributed by atoms with Crippen molar-refractivity contribution in [3.8, 4) is 5.75 Å². The van der Waals surface area contributed by atoms with Gasteiger partial charge in [0.15, 0.2) is 11.6 Å². The number of nitrogens with zero attached hydrogens (tertiary/aromatic N) is 2. The molecule has 0 saturated heterocycles.